The number of hydrogen-bond acceptors (Lipinski definition) is 3. The third kappa shape index (κ3) is 4.75. The second-order valence-corrected chi connectivity index (χ2v) is 6.63. The molecule has 0 spiro atoms. The van der Waals surface area contributed by atoms with Crippen LogP contribution in [0.1, 0.15) is 33.3 Å². The normalized spacial score (nSPS) is 11.0. The molecule has 2 N–H and O–H groups in total. The highest BCUT2D eigenvalue weighted by molar-refractivity contribution is 5.94. The lowest BCUT2D eigenvalue weighted by atomic mass is 9.86. The van der Waals surface area contributed by atoms with Crippen molar-refractivity contribution in [2.75, 3.05) is 23.8 Å². The molecular formula is C20H26N2O2. The van der Waals surface area contributed by atoms with Crippen LogP contribution in [-0.2, 0) is 10.2 Å². The van der Waals surface area contributed by atoms with Gasteiger partial charge in [0.25, 0.3) is 0 Å². The van der Waals surface area contributed by atoms with Crippen LogP contribution in [0.4, 0.5) is 11.4 Å². The molecule has 0 atom stereocenters. The van der Waals surface area contributed by atoms with Crippen molar-refractivity contribution in [1.29, 1.82) is 0 Å². The first-order chi connectivity index (χ1) is 11.4. The van der Waals surface area contributed by atoms with Gasteiger partial charge < -0.3 is 15.4 Å². The SMILES string of the molecule is CCOc1ccccc1NCC(=O)Nc1ccccc1C(C)(C)C. The van der Waals surface area contributed by atoms with E-state index in [-0.39, 0.29) is 17.9 Å². The Morgan fingerprint density at radius 3 is 2.29 bits per heavy atom. The first-order valence-electron chi connectivity index (χ1n) is 8.27. The molecule has 24 heavy (non-hydrogen) atoms. The number of hydrogen-bond donors (Lipinski definition) is 2. The number of ether oxygens (including phenoxy) is 1. The van der Waals surface area contributed by atoms with Gasteiger partial charge in [0.15, 0.2) is 0 Å². The molecule has 0 heterocycles. The molecular weight excluding hydrogens is 300 g/mol. The Labute approximate surface area is 144 Å². The van der Waals surface area contributed by atoms with Gasteiger partial charge in [-0.3, -0.25) is 4.79 Å². The van der Waals surface area contributed by atoms with Gasteiger partial charge in [0.1, 0.15) is 5.75 Å². The van der Waals surface area contributed by atoms with Crippen molar-refractivity contribution in [1.82, 2.24) is 0 Å². The van der Waals surface area contributed by atoms with E-state index in [9.17, 15) is 4.79 Å². The van der Waals surface area contributed by atoms with Gasteiger partial charge in [-0.05, 0) is 36.1 Å². The van der Waals surface area contributed by atoms with E-state index >= 15 is 0 Å². The highest BCUT2D eigenvalue weighted by atomic mass is 16.5. The number of carbonyl (C=O) groups excluding carboxylic acids is 1. The maximum absolute atomic E-state index is 12.3. The van der Waals surface area contributed by atoms with E-state index in [1.54, 1.807) is 0 Å². The van der Waals surface area contributed by atoms with E-state index in [2.05, 4.69) is 31.4 Å². The van der Waals surface area contributed by atoms with Crippen LogP contribution < -0.4 is 15.4 Å². The largest absolute Gasteiger partial charge is 0.492 e. The highest BCUT2D eigenvalue weighted by Gasteiger charge is 2.18. The van der Waals surface area contributed by atoms with Crippen LogP contribution in [0.5, 0.6) is 5.75 Å². The van der Waals surface area contributed by atoms with E-state index in [0.29, 0.717) is 6.61 Å². The molecule has 0 aliphatic heterocycles. The molecule has 2 aromatic rings. The predicted molar refractivity (Wildman–Crippen MR) is 99.9 cm³/mol. The number of benzene rings is 2. The molecule has 2 aromatic carbocycles. The van der Waals surface area contributed by atoms with Crippen molar-refractivity contribution < 1.29 is 9.53 Å². The molecule has 0 saturated carbocycles. The molecule has 0 radical (unpaired) electrons. The fourth-order valence-corrected chi connectivity index (χ4v) is 2.51. The minimum Gasteiger partial charge on any atom is -0.492 e. The van der Waals surface area contributed by atoms with Crippen LogP contribution in [0.15, 0.2) is 48.5 Å². The topological polar surface area (TPSA) is 50.4 Å². The summed E-state index contributed by atoms with van der Waals surface area (Å²) in [5, 5.41) is 6.14. The first-order valence-corrected chi connectivity index (χ1v) is 8.27. The van der Waals surface area contributed by atoms with Crippen LogP contribution in [0.2, 0.25) is 0 Å². The van der Waals surface area contributed by atoms with E-state index < -0.39 is 0 Å². The van der Waals surface area contributed by atoms with Crippen molar-refractivity contribution in [2.24, 2.45) is 0 Å². The summed E-state index contributed by atoms with van der Waals surface area (Å²) >= 11 is 0. The lowest BCUT2D eigenvalue weighted by Gasteiger charge is -2.23. The van der Waals surface area contributed by atoms with Crippen LogP contribution in [0.3, 0.4) is 0 Å². The molecule has 128 valence electrons. The Hall–Kier alpha value is -2.49. The smallest absolute Gasteiger partial charge is 0.243 e. The van der Waals surface area contributed by atoms with Crippen molar-refractivity contribution in [3.63, 3.8) is 0 Å². The van der Waals surface area contributed by atoms with Crippen LogP contribution in [-0.4, -0.2) is 19.1 Å². The highest BCUT2D eigenvalue weighted by Crippen LogP contribution is 2.29. The Balaban J connectivity index is 2.03. The third-order valence-electron chi connectivity index (χ3n) is 3.64. The molecule has 0 bridgehead atoms. The standard InChI is InChI=1S/C20H26N2O2/c1-5-24-18-13-9-8-12-17(18)21-14-19(23)22-16-11-7-6-10-15(16)20(2,3)4/h6-13,21H,5,14H2,1-4H3,(H,22,23). The lowest BCUT2D eigenvalue weighted by molar-refractivity contribution is -0.114. The summed E-state index contributed by atoms with van der Waals surface area (Å²) in [5.74, 6) is 0.667. The molecule has 1 amide bonds. The summed E-state index contributed by atoms with van der Waals surface area (Å²) < 4.78 is 5.56. The molecule has 0 fully saturated rings. The fourth-order valence-electron chi connectivity index (χ4n) is 2.51. The summed E-state index contributed by atoms with van der Waals surface area (Å²) in [6.07, 6.45) is 0. The molecule has 0 saturated heterocycles. The number of rotatable bonds is 6. The molecule has 0 unspecified atom stereocenters. The second kappa shape index (κ2) is 7.86. The first kappa shape index (κ1) is 17.9. The van der Waals surface area contributed by atoms with Gasteiger partial charge in [0.05, 0.1) is 18.8 Å². The predicted octanol–water partition coefficient (Wildman–Crippen LogP) is 4.43. The zero-order chi connectivity index (χ0) is 17.6. The zero-order valence-electron chi connectivity index (χ0n) is 14.8. The Morgan fingerprint density at radius 2 is 1.62 bits per heavy atom. The van der Waals surface area contributed by atoms with Gasteiger partial charge in [-0.15, -0.1) is 0 Å². The maximum atomic E-state index is 12.3. The number of anilines is 2. The van der Waals surface area contributed by atoms with Gasteiger partial charge >= 0.3 is 0 Å². The molecule has 4 heteroatoms. The Kier molecular flexibility index (Phi) is 5.85. The number of carbonyl (C=O) groups is 1. The summed E-state index contributed by atoms with van der Waals surface area (Å²) in [5.41, 5.74) is 2.76. The Morgan fingerprint density at radius 1 is 1.00 bits per heavy atom. The average molecular weight is 326 g/mol. The summed E-state index contributed by atoms with van der Waals surface area (Å²) in [4.78, 5) is 12.3. The van der Waals surface area contributed by atoms with Crippen LogP contribution in [0, 0.1) is 0 Å². The molecule has 0 aromatic heterocycles. The molecule has 0 aliphatic carbocycles. The second-order valence-electron chi connectivity index (χ2n) is 6.63. The monoisotopic (exact) mass is 326 g/mol. The zero-order valence-corrected chi connectivity index (χ0v) is 14.8. The van der Waals surface area contributed by atoms with Crippen molar-refractivity contribution in [3.05, 3.63) is 54.1 Å². The van der Waals surface area contributed by atoms with Crippen LogP contribution >= 0.6 is 0 Å². The molecule has 0 aliphatic rings. The minimum atomic E-state index is -0.0852. The number of amides is 1. The summed E-state index contributed by atoms with van der Waals surface area (Å²) in [7, 11) is 0. The fraction of sp³-hybridized carbons (Fsp3) is 0.350. The van der Waals surface area contributed by atoms with Crippen molar-refractivity contribution in [3.8, 4) is 5.75 Å². The van der Waals surface area contributed by atoms with Gasteiger partial charge in [0.2, 0.25) is 5.91 Å². The van der Waals surface area contributed by atoms with Crippen LogP contribution in [0.25, 0.3) is 0 Å². The van der Waals surface area contributed by atoms with Crippen molar-refractivity contribution >= 4 is 17.3 Å². The van der Waals surface area contributed by atoms with Gasteiger partial charge in [0, 0.05) is 5.69 Å². The lowest BCUT2D eigenvalue weighted by Crippen LogP contribution is -2.24. The average Bonchev–Trinajstić information content (AvgIpc) is 2.54. The van der Waals surface area contributed by atoms with Gasteiger partial charge in [-0.1, -0.05) is 51.1 Å². The minimum absolute atomic E-state index is 0.0289. The van der Waals surface area contributed by atoms with E-state index in [0.717, 1.165) is 22.7 Å². The summed E-state index contributed by atoms with van der Waals surface area (Å²) in [6, 6.07) is 15.5. The maximum Gasteiger partial charge on any atom is 0.243 e. The number of para-hydroxylation sites is 3. The van der Waals surface area contributed by atoms with Gasteiger partial charge in [-0.2, -0.15) is 0 Å². The quantitative estimate of drug-likeness (QED) is 0.825. The van der Waals surface area contributed by atoms with Crippen molar-refractivity contribution in [2.45, 2.75) is 33.1 Å². The molecule has 4 nitrogen and oxygen atoms in total. The summed E-state index contributed by atoms with van der Waals surface area (Å²) in [6.45, 7) is 9.11. The Bertz CT molecular complexity index is 690. The van der Waals surface area contributed by atoms with E-state index in [4.69, 9.17) is 4.74 Å². The van der Waals surface area contributed by atoms with Gasteiger partial charge in [-0.25, -0.2) is 0 Å². The third-order valence-corrected chi connectivity index (χ3v) is 3.64. The van der Waals surface area contributed by atoms with E-state index in [1.165, 1.54) is 0 Å². The number of nitrogens with one attached hydrogen (secondary N) is 2. The van der Waals surface area contributed by atoms with E-state index in [1.807, 2.05) is 55.5 Å². The molecule has 2 rings (SSSR count).